The van der Waals surface area contributed by atoms with Gasteiger partial charge in [-0.1, -0.05) is 40.2 Å². The maximum Gasteiger partial charge on any atom is 0.0641 e. The highest BCUT2D eigenvalue weighted by Crippen LogP contribution is 2.30. The van der Waals surface area contributed by atoms with Crippen LogP contribution in [0.5, 0.6) is 0 Å². The molecule has 0 aliphatic rings. The SMILES string of the molecule is BrCc1ccc(C(c2ccc[nH]2)c2ccc[nH]2)cc1. The maximum absolute atomic E-state index is 3.48. The summed E-state index contributed by atoms with van der Waals surface area (Å²) in [6, 6.07) is 17.1. The van der Waals surface area contributed by atoms with E-state index >= 15 is 0 Å². The Kier molecular flexibility index (Phi) is 3.56. The number of hydrogen-bond acceptors (Lipinski definition) is 0. The van der Waals surface area contributed by atoms with E-state index in [1.54, 1.807) is 0 Å². The second kappa shape index (κ2) is 5.49. The van der Waals surface area contributed by atoms with E-state index in [2.05, 4.69) is 62.3 Å². The summed E-state index contributed by atoms with van der Waals surface area (Å²) in [7, 11) is 0. The molecule has 0 atom stereocenters. The standard InChI is InChI=1S/C16H15BrN2/c17-11-12-5-7-13(8-6-12)16(14-3-1-9-18-14)15-4-2-10-19-15/h1-10,16,18-19H,11H2. The summed E-state index contributed by atoms with van der Waals surface area (Å²) in [4.78, 5) is 6.65. The van der Waals surface area contributed by atoms with Crippen LogP contribution in [0.15, 0.2) is 60.9 Å². The minimum Gasteiger partial charge on any atom is -0.364 e. The molecular weight excluding hydrogens is 300 g/mol. The Labute approximate surface area is 121 Å². The molecule has 2 aromatic heterocycles. The fourth-order valence-corrected chi connectivity index (χ4v) is 2.75. The van der Waals surface area contributed by atoms with E-state index in [9.17, 15) is 0 Å². The monoisotopic (exact) mass is 314 g/mol. The predicted octanol–water partition coefficient (Wildman–Crippen LogP) is 4.42. The van der Waals surface area contributed by atoms with Crippen molar-refractivity contribution >= 4 is 15.9 Å². The zero-order valence-corrected chi connectivity index (χ0v) is 12.0. The first kappa shape index (κ1) is 12.3. The number of nitrogens with one attached hydrogen (secondary N) is 2. The van der Waals surface area contributed by atoms with Gasteiger partial charge in [0.15, 0.2) is 0 Å². The topological polar surface area (TPSA) is 31.6 Å². The van der Waals surface area contributed by atoms with E-state index < -0.39 is 0 Å². The van der Waals surface area contributed by atoms with Crippen molar-refractivity contribution in [2.24, 2.45) is 0 Å². The molecule has 3 aromatic rings. The lowest BCUT2D eigenvalue weighted by Gasteiger charge is -2.15. The van der Waals surface area contributed by atoms with Crippen molar-refractivity contribution < 1.29 is 0 Å². The average Bonchev–Trinajstić information content (AvgIpc) is 3.13. The molecular formula is C16H15BrN2. The Morgan fingerprint density at radius 1 is 0.842 bits per heavy atom. The van der Waals surface area contributed by atoms with Gasteiger partial charge in [0.25, 0.3) is 0 Å². The third kappa shape index (κ3) is 2.51. The van der Waals surface area contributed by atoms with Crippen LogP contribution in [0.25, 0.3) is 0 Å². The Hall–Kier alpha value is -1.74. The van der Waals surface area contributed by atoms with E-state index in [1.807, 2.05) is 24.5 Å². The Morgan fingerprint density at radius 2 is 1.42 bits per heavy atom. The molecule has 19 heavy (non-hydrogen) atoms. The number of hydrogen-bond donors (Lipinski definition) is 2. The summed E-state index contributed by atoms with van der Waals surface area (Å²) in [5.41, 5.74) is 4.98. The second-order valence-corrected chi connectivity index (χ2v) is 5.12. The first-order valence-electron chi connectivity index (χ1n) is 6.30. The van der Waals surface area contributed by atoms with E-state index in [-0.39, 0.29) is 5.92 Å². The van der Waals surface area contributed by atoms with Crippen LogP contribution in [-0.2, 0) is 5.33 Å². The molecule has 3 heteroatoms. The second-order valence-electron chi connectivity index (χ2n) is 4.56. The van der Waals surface area contributed by atoms with Crippen LogP contribution in [0, 0.1) is 0 Å². The molecule has 0 fully saturated rings. The van der Waals surface area contributed by atoms with Gasteiger partial charge in [-0.25, -0.2) is 0 Å². The molecule has 0 spiro atoms. The van der Waals surface area contributed by atoms with Crippen molar-refractivity contribution in [1.82, 2.24) is 9.97 Å². The quantitative estimate of drug-likeness (QED) is 0.668. The molecule has 0 bridgehead atoms. The van der Waals surface area contributed by atoms with Crippen LogP contribution in [-0.4, -0.2) is 9.97 Å². The van der Waals surface area contributed by atoms with Crippen LogP contribution < -0.4 is 0 Å². The number of halogens is 1. The highest BCUT2D eigenvalue weighted by molar-refractivity contribution is 9.08. The summed E-state index contributed by atoms with van der Waals surface area (Å²) in [5, 5.41) is 0.892. The van der Waals surface area contributed by atoms with Crippen molar-refractivity contribution in [2.45, 2.75) is 11.2 Å². The van der Waals surface area contributed by atoms with E-state index in [4.69, 9.17) is 0 Å². The van der Waals surface area contributed by atoms with E-state index in [0.29, 0.717) is 0 Å². The predicted molar refractivity (Wildman–Crippen MR) is 81.6 cm³/mol. The fraction of sp³-hybridized carbons (Fsp3) is 0.125. The zero-order valence-electron chi connectivity index (χ0n) is 10.4. The van der Waals surface area contributed by atoms with Crippen molar-refractivity contribution in [3.8, 4) is 0 Å². The van der Waals surface area contributed by atoms with Gasteiger partial charge >= 0.3 is 0 Å². The molecule has 0 amide bonds. The van der Waals surface area contributed by atoms with Crippen LogP contribution >= 0.6 is 15.9 Å². The van der Waals surface area contributed by atoms with Crippen LogP contribution in [0.1, 0.15) is 28.4 Å². The van der Waals surface area contributed by atoms with Gasteiger partial charge in [-0.05, 0) is 35.4 Å². The molecule has 2 N–H and O–H groups in total. The minimum atomic E-state index is 0.231. The molecule has 0 unspecified atom stereocenters. The number of alkyl halides is 1. The molecule has 2 nitrogen and oxygen atoms in total. The van der Waals surface area contributed by atoms with Gasteiger partial charge in [0.05, 0.1) is 5.92 Å². The summed E-state index contributed by atoms with van der Waals surface area (Å²) in [6.45, 7) is 0. The van der Waals surface area contributed by atoms with Crippen molar-refractivity contribution in [3.63, 3.8) is 0 Å². The van der Waals surface area contributed by atoms with Gasteiger partial charge in [-0.15, -0.1) is 0 Å². The molecule has 0 saturated heterocycles. The van der Waals surface area contributed by atoms with Gasteiger partial charge in [0, 0.05) is 29.1 Å². The third-order valence-corrected chi connectivity index (χ3v) is 3.98. The van der Waals surface area contributed by atoms with Crippen molar-refractivity contribution in [2.75, 3.05) is 0 Å². The maximum atomic E-state index is 3.48. The molecule has 0 radical (unpaired) electrons. The molecule has 1 aromatic carbocycles. The van der Waals surface area contributed by atoms with Gasteiger partial charge in [-0.3, -0.25) is 0 Å². The summed E-state index contributed by atoms with van der Waals surface area (Å²) in [6.07, 6.45) is 3.94. The van der Waals surface area contributed by atoms with E-state index in [1.165, 1.54) is 22.5 Å². The molecule has 0 aliphatic heterocycles. The largest absolute Gasteiger partial charge is 0.364 e. The highest BCUT2D eigenvalue weighted by atomic mass is 79.9. The lowest BCUT2D eigenvalue weighted by Crippen LogP contribution is -2.04. The number of rotatable bonds is 4. The van der Waals surface area contributed by atoms with Crippen molar-refractivity contribution in [1.29, 1.82) is 0 Å². The number of aromatic nitrogens is 2. The molecule has 2 heterocycles. The Morgan fingerprint density at radius 3 is 1.84 bits per heavy atom. The lowest BCUT2D eigenvalue weighted by molar-refractivity contribution is 0.897. The Balaban J connectivity index is 2.04. The third-order valence-electron chi connectivity index (χ3n) is 3.33. The van der Waals surface area contributed by atoms with E-state index in [0.717, 1.165) is 5.33 Å². The summed E-state index contributed by atoms with van der Waals surface area (Å²) >= 11 is 3.48. The highest BCUT2D eigenvalue weighted by Gasteiger charge is 2.17. The lowest BCUT2D eigenvalue weighted by atomic mass is 9.92. The van der Waals surface area contributed by atoms with Crippen LogP contribution in [0.2, 0.25) is 0 Å². The number of benzene rings is 1. The molecule has 0 saturated carbocycles. The molecule has 96 valence electrons. The number of aromatic amines is 2. The van der Waals surface area contributed by atoms with Gasteiger partial charge in [-0.2, -0.15) is 0 Å². The number of H-pyrrole nitrogens is 2. The Bertz CT molecular complexity index is 575. The van der Waals surface area contributed by atoms with Crippen molar-refractivity contribution in [3.05, 3.63) is 83.4 Å². The average molecular weight is 315 g/mol. The fourth-order valence-electron chi connectivity index (χ4n) is 2.37. The smallest absolute Gasteiger partial charge is 0.0641 e. The first-order chi connectivity index (χ1) is 9.38. The van der Waals surface area contributed by atoms with Gasteiger partial charge in [0.1, 0.15) is 0 Å². The first-order valence-corrected chi connectivity index (χ1v) is 7.42. The zero-order chi connectivity index (χ0) is 13.1. The van der Waals surface area contributed by atoms with Gasteiger partial charge < -0.3 is 9.97 Å². The summed E-state index contributed by atoms with van der Waals surface area (Å²) in [5.74, 6) is 0.231. The molecule has 3 rings (SSSR count). The van der Waals surface area contributed by atoms with Gasteiger partial charge in [0.2, 0.25) is 0 Å². The van der Waals surface area contributed by atoms with Crippen LogP contribution in [0.3, 0.4) is 0 Å². The minimum absolute atomic E-state index is 0.231. The normalized spacial score (nSPS) is 11.1. The van der Waals surface area contributed by atoms with Crippen LogP contribution in [0.4, 0.5) is 0 Å². The molecule has 0 aliphatic carbocycles. The summed E-state index contributed by atoms with van der Waals surface area (Å²) < 4.78 is 0.